The summed E-state index contributed by atoms with van der Waals surface area (Å²) in [5, 5.41) is 3.77. The molecule has 8 heteroatoms. The van der Waals surface area contributed by atoms with Gasteiger partial charge in [0.15, 0.2) is 6.29 Å². The maximum atomic E-state index is 10.2. The van der Waals surface area contributed by atoms with Crippen LogP contribution in [0.5, 0.6) is 0 Å². The Labute approximate surface area is 137 Å². The Morgan fingerprint density at radius 2 is 1.95 bits per heavy atom. The van der Waals surface area contributed by atoms with Gasteiger partial charge in [0, 0.05) is 17.8 Å². The summed E-state index contributed by atoms with van der Waals surface area (Å²) in [6, 6.07) is 7.57. The number of H-pyrrole nitrogens is 1. The van der Waals surface area contributed by atoms with E-state index < -0.39 is 0 Å². The van der Waals surface area contributed by atoms with Crippen molar-refractivity contribution in [2.75, 3.05) is 19.4 Å². The van der Waals surface area contributed by atoms with Crippen LogP contribution in [0, 0.1) is 4.64 Å². The fraction of sp³-hybridized carbons (Fsp3) is 0.167. The molecule has 4 nitrogen and oxygen atoms in total. The van der Waals surface area contributed by atoms with Crippen LogP contribution >= 0.6 is 48.0 Å². The fourth-order valence-corrected chi connectivity index (χ4v) is 2.42. The Hall–Kier alpha value is -0.860. The number of nitrogens with two attached hydrogens (primary N) is 1. The molecule has 2 aromatic rings. The molecule has 0 bridgehead atoms. The van der Waals surface area contributed by atoms with Gasteiger partial charge in [0.05, 0.1) is 9.77 Å². The minimum absolute atomic E-state index is 0.472. The van der Waals surface area contributed by atoms with Crippen LogP contribution in [0.1, 0.15) is 10.4 Å². The van der Waals surface area contributed by atoms with Crippen molar-refractivity contribution >= 4 is 60.0 Å². The number of aromatic amines is 1. The van der Waals surface area contributed by atoms with Crippen molar-refractivity contribution in [2.24, 2.45) is 5.73 Å². The molecule has 0 aliphatic rings. The zero-order chi connectivity index (χ0) is 15.5. The topological polar surface area (TPSA) is 70.9 Å². The highest BCUT2D eigenvalue weighted by Crippen LogP contribution is 2.17. The third-order valence-electron chi connectivity index (χ3n) is 1.97. The molecule has 0 aliphatic carbocycles. The van der Waals surface area contributed by atoms with Gasteiger partial charge in [-0.25, -0.2) is 0 Å². The summed E-state index contributed by atoms with van der Waals surface area (Å²) in [5.74, 6) is 0. The van der Waals surface area contributed by atoms with Crippen LogP contribution in [-0.4, -0.2) is 24.8 Å². The number of benzene rings is 1. The van der Waals surface area contributed by atoms with Crippen molar-refractivity contribution in [2.45, 2.75) is 4.21 Å². The summed E-state index contributed by atoms with van der Waals surface area (Å²) in [4.78, 5) is 10.2. The van der Waals surface area contributed by atoms with E-state index in [2.05, 4.69) is 28.1 Å². The van der Waals surface area contributed by atoms with Gasteiger partial charge in [-0.1, -0.05) is 35.4 Å². The molecule has 0 atom stereocenters. The largest absolute Gasteiger partial charge is 0.388 e. The number of aldehydes is 1. The maximum Gasteiger partial charge on any atom is 0.155 e. The van der Waals surface area contributed by atoms with E-state index in [1.165, 1.54) is 18.6 Å². The second-order valence-corrected chi connectivity index (χ2v) is 5.54. The Morgan fingerprint density at radius 1 is 1.40 bits per heavy atom. The molecule has 20 heavy (non-hydrogen) atoms. The van der Waals surface area contributed by atoms with Crippen LogP contribution in [-0.2, 0) is 0 Å². The number of thiol groups is 1. The van der Waals surface area contributed by atoms with Gasteiger partial charge in [0.25, 0.3) is 0 Å². The molecule has 0 unspecified atom stereocenters. The molecule has 0 radical (unpaired) electrons. The minimum Gasteiger partial charge on any atom is -0.388 e. The molecule has 110 valence electrons. The lowest BCUT2D eigenvalue weighted by Gasteiger charge is -1.96. The molecule has 0 amide bonds. The summed E-state index contributed by atoms with van der Waals surface area (Å²) >= 11 is 15.6. The molecule has 1 aromatic heterocycles. The van der Waals surface area contributed by atoms with Crippen LogP contribution in [0.2, 0.25) is 5.02 Å². The van der Waals surface area contributed by atoms with Crippen molar-refractivity contribution in [3.8, 4) is 0 Å². The first-order valence-electron chi connectivity index (χ1n) is 5.45. The first-order valence-corrected chi connectivity index (χ1v) is 7.50. The van der Waals surface area contributed by atoms with E-state index in [0.717, 1.165) is 10.7 Å². The van der Waals surface area contributed by atoms with Gasteiger partial charge < -0.3 is 15.4 Å². The Kier molecular flexibility index (Phi) is 10.4. The first-order chi connectivity index (χ1) is 9.58. The Balaban J connectivity index is 0.000000321. The van der Waals surface area contributed by atoms with E-state index in [1.807, 2.05) is 31.3 Å². The number of carbonyl (C=O) groups excluding carboxylic acids is 1. The van der Waals surface area contributed by atoms with Crippen molar-refractivity contribution in [3.05, 3.63) is 39.5 Å². The lowest BCUT2D eigenvalue weighted by atomic mass is 10.3. The number of hydrogen-bond donors (Lipinski definition) is 4. The SMILES string of the molecule is CN.CNc1ccc(Cl)cc1.O=Cc1c(S)s[nH]c1=S. The van der Waals surface area contributed by atoms with Gasteiger partial charge in [-0.2, -0.15) is 0 Å². The molecule has 2 rings (SSSR count). The first kappa shape index (κ1) is 19.1. The highest BCUT2D eigenvalue weighted by Gasteiger charge is 2.00. The second kappa shape index (κ2) is 10.9. The average Bonchev–Trinajstić information content (AvgIpc) is 2.81. The lowest BCUT2D eigenvalue weighted by molar-refractivity contribution is 0.112. The molecular formula is C12H16ClN3OS3. The van der Waals surface area contributed by atoms with Gasteiger partial charge >= 0.3 is 0 Å². The third-order valence-corrected chi connectivity index (χ3v) is 3.90. The average molecular weight is 350 g/mol. The minimum atomic E-state index is 0.472. The van der Waals surface area contributed by atoms with Crippen molar-refractivity contribution in [1.82, 2.24) is 4.37 Å². The number of anilines is 1. The Bertz CT molecular complexity index is 566. The summed E-state index contributed by atoms with van der Waals surface area (Å²) < 4.78 is 3.86. The smallest absolute Gasteiger partial charge is 0.155 e. The van der Waals surface area contributed by atoms with Crippen LogP contribution < -0.4 is 11.1 Å². The van der Waals surface area contributed by atoms with E-state index in [-0.39, 0.29) is 0 Å². The van der Waals surface area contributed by atoms with E-state index >= 15 is 0 Å². The number of halogens is 1. The lowest BCUT2D eigenvalue weighted by Crippen LogP contribution is -1.84. The van der Waals surface area contributed by atoms with E-state index in [0.29, 0.717) is 20.7 Å². The standard InChI is InChI=1S/C7H8ClN.C4H3NOS3.CH5N/c1-9-7-4-2-6(8)3-5-7;6-1-2-3(7)5-9-4(2)8;1-2/h2-5,9H,1H3;1,8H,(H,5,7);2H2,1H3. The molecule has 0 saturated carbocycles. The van der Waals surface area contributed by atoms with Crippen molar-refractivity contribution < 1.29 is 4.79 Å². The zero-order valence-corrected chi connectivity index (χ0v) is 14.3. The summed E-state index contributed by atoms with van der Waals surface area (Å²) in [7, 11) is 3.38. The van der Waals surface area contributed by atoms with E-state index in [9.17, 15) is 4.79 Å². The number of carbonyl (C=O) groups is 1. The van der Waals surface area contributed by atoms with Gasteiger partial charge in [0.2, 0.25) is 0 Å². The molecule has 0 aliphatic heterocycles. The number of hydrogen-bond acceptors (Lipinski definition) is 6. The van der Waals surface area contributed by atoms with Gasteiger partial charge in [0.1, 0.15) is 4.64 Å². The van der Waals surface area contributed by atoms with Crippen LogP contribution in [0.15, 0.2) is 28.5 Å². The van der Waals surface area contributed by atoms with Crippen LogP contribution in [0.3, 0.4) is 0 Å². The van der Waals surface area contributed by atoms with Crippen LogP contribution in [0.25, 0.3) is 0 Å². The Morgan fingerprint density at radius 3 is 2.25 bits per heavy atom. The molecule has 1 aromatic carbocycles. The molecule has 0 spiro atoms. The highest BCUT2D eigenvalue weighted by atomic mass is 35.5. The predicted octanol–water partition coefficient (Wildman–Crippen LogP) is 3.86. The summed E-state index contributed by atoms with van der Waals surface area (Å²) in [6.07, 6.45) is 0.706. The van der Waals surface area contributed by atoms with Gasteiger partial charge in [-0.3, -0.25) is 4.79 Å². The molecular weight excluding hydrogens is 334 g/mol. The zero-order valence-electron chi connectivity index (χ0n) is 11.0. The van der Waals surface area contributed by atoms with Gasteiger partial charge in [-0.05, 0) is 31.3 Å². The van der Waals surface area contributed by atoms with E-state index in [4.69, 9.17) is 23.8 Å². The summed E-state index contributed by atoms with van der Waals surface area (Å²) in [5.41, 5.74) is 6.07. The van der Waals surface area contributed by atoms with E-state index in [1.54, 1.807) is 0 Å². The third kappa shape index (κ3) is 6.53. The summed E-state index contributed by atoms with van der Waals surface area (Å²) in [6.45, 7) is 0. The van der Waals surface area contributed by atoms with Crippen LogP contribution in [0.4, 0.5) is 5.69 Å². The van der Waals surface area contributed by atoms with Crippen molar-refractivity contribution in [1.29, 1.82) is 0 Å². The number of rotatable bonds is 2. The van der Waals surface area contributed by atoms with Crippen molar-refractivity contribution in [3.63, 3.8) is 0 Å². The second-order valence-electron chi connectivity index (χ2n) is 3.13. The predicted molar refractivity (Wildman–Crippen MR) is 93.3 cm³/mol. The normalized spacial score (nSPS) is 8.65. The maximum absolute atomic E-state index is 10.2. The number of aromatic nitrogens is 1. The molecule has 4 N–H and O–H groups in total. The molecule has 0 saturated heterocycles. The fourth-order valence-electron chi connectivity index (χ4n) is 1.02. The quantitative estimate of drug-likeness (QED) is 0.377. The highest BCUT2D eigenvalue weighted by molar-refractivity contribution is 7.82. The molecule has 0 fully saturated rings. The number of nitrogens with one attached hydrogen (secondary N) is 2. The molecule has 1 heterocycles. The monoisotopic (exact) mass is 349 g/mol. The van der Waals surface area contributed by atoms with Gasteiger partial charge in [-0.15, -0.1) is 12.6 Å².